The number of fused-ring (bicyclic) bond motifs is 1. The van der Waals surface area contributed by atoms with Crippen molar-refractivity contribution in [1.82, 2.24) is 10.2 Å². The molecule has 126 valence electrons. The van der Waals surface area contributed by atoms with Crippen LogP contribution in [0.15, 0.2) is 24.3 Å². The van der Waals surface area contributed by atoms with Crippen LogP contribution in [0.5, 0.6) is 0 Å². The van der Waals surface area contributed by atoms with E-state index >= 15 is 0 Å². The van der Waals surface area contributed by atoms with E-state index in [9.17, 15) is 4.79 Å². The maximum atomic E-state index is 12.3. The Morgan fingerprint density at radius 2 is 2.00 bits per heavy atom. The lowest BCUT2D eigenvalue weighted by atomic mass is 10.1. The minimum atomic E-state index is -0.429. The summed E-state index contributed by atoms with van der Waals surface area (Å²) >= 11 is 0. The fourth-order valence-corrected chi connectivity index (χ4v) is 3.26. The van der Waals surface area contributed by atoms with E-state index in [2.05, 4.69) is 29.6 Å². The Balaban J connectivity index is 1.51. The van der Waals surface area contributed by atoms with Crippen molar-refractivity contribution in [2.24, 2.45) is 0 Å². The van der Waals surface area contributed by atoms with Crippen LogP contribution in [0.3, 0.4) is 0 Å². The molecule has 0 aromatic heterocycles. The maximum Gasteiger partial charge on any atom is 0.410 e. The van der Waals surface area contributed by atoms with E-state index in [4.69, 9.17) is 4.74 Å². The van der Waals surface area contributed by atoms with Gasteiger partial charge in [-0.1, -0.05) is 24.3 Å². The fraction of sp³-hybridized carbons (Fsp3) is 0.632. The average molecular weight is 316 g/mol. The summed E-state index contributed by atoms with van der Waals surface area (Å²) in [6.07, 6.45) is 4.33. The molecule has 1 unspecified atom stereocenters. The summed E-state index contributed by atoms with van der Waals surface area (Å²) in [6, 6.07) is 9.45. The predicted octanol–water partition coefficient (Wildman–Crippen LogP) is 3.66. The van der Waals surface area contributed by atoms with E-state index in [-0.39, 0.29) is 6.09 Å². The van der Waals surface area contributed by atoms with Crippen molar-refractivity contribution in [3.63, 3.8) is 0 Å². The third-order valence-corrected chi connectivity index (χ3v) is 4.49. The normalized spacial score (nSPS) is 20.2. The zero-order chi connectivity index (χ0) is 16.4. The van der Waals surface area contributed by atoms with Crippen molar-refractivity contribution >= 4 is 6.09 Å². The largest absolute Gasteiger partial charge is 0.444 e. The first kappa shape index (κ1) is 16.3. The molecule has 4 heteroatoms. The summed E-state index contributed by atoms with van der Waals surface area (Å²) in [5.74, 6) is 0. The molecule has 2 aliphatic carbocycles. The van der Waals surface area contributed by atoms with Gasteiger partial charge in [-0.05, 0) is 57.6 Å². The Morgan fingerprint density at radius 3 is 2.70 bits per heavy atom. The predicted molar refractivity (Wildman–Crippen MR) is 91.5 cm³/mol. The molecule has 0 bridgehead atoms. The Kier molecular flexibility index (Phi) is 4.62. The highest BCUT2D eigenvalue weighted by molar-refractivity contribution is 5.69. The van der Waals surface area contributed by atoms with Gasteiger partial charge in [0.25, 0.3) is 0 Å². The van der Waals surface area contributed by atoms with Crippen molar-refractivity contribution in [1.29, 1.82) is 0 Å². The van der Waals surface area contributed by atoms with Crippen molar-refractivity contribution in [3.05, 3.63) is 35.4 Å². The summed E-state index contributed by atoms with van der Waals surface area (Å²) in [5.41, 5.74) is 2.45. The maximum absolute atomic E-state index is 12.3. The van der Waals surface area contributed by atoms with Crippen LogP contribution in [-0.4, -0.2) is 35.7 Å². The highest BCUT2D eigenvalue weighted by atomic mass is 16.6. The van der Waals surface area contributed by atoms with Gasteiger partial charge in [-0.3, -0.25) is 0 Å². The molecule has 0 radical (unpaired) electrons. The van der Waals surface area contributed by atoms with Crippen molar-refractivity contribution in [3.8, 4) is 0 Å². The zero-order valence-electron chi connectivity index (χ0n) is 14.5. The summed E-state index contributed by atoms with van der Waals surface area (Å²) < 4.78 is 5.54. The van der Waals surface area contributed by atoms with E-state index in [0.717, 1.165) is 38.8 Å². The number of hydrogen-bond donors (Lipinski definition) is 1. The molecule has 0 spiro atoms. The molecule has 2 aliphatic rings. The number of aryl methyl sites for hydroxylation is 1. The lowest BCUT2D eigenvalue weighted by Crippen LogP contribution is -2.42. The van der Waals surface area contributed by atoms with Gasteiger partial charge in [0.2, 0.25) is 0 Å². The molecular weight excluding hydrogens is 288 g/mol. The molecule has 1 aromatic rings. The van der Waals surface area contributed by atoms with E-state index in [1.54, 1.807) is 0 Å². The molecule has 0 saturated heterocycles. The second kappa shape index (κ2) is 6.52. The first-order chi connectivity index (χ1) is 10.9. The molecule has 4 nitrogen and oxygen atoms in total. The van der Waals surface area contributed by atoms with Gasteiger partial charge in [0.15, 0.2) is 0 Å². The third-order valence-electron chi connectivity index (χ3n) is 4.49. The highest BCUT2D eigenvalue weighted by Crippen LogP contribution is 2.31. The fourth-order valence-electron chi connectivity index (χ4n) is 3.26. The van der Waals surface area contributed by atoms with Crippen molar-refractivity contribution in [2.75, 3.05) is 13.1 Å². The van der Waals surface area contributed by atoms with Crippen LogP contribution in [0, 0.1) is 0 Å². The van der Waals surface area contributed by atoms with Gasteiger partial charge in [0.05, 0.1) is 0 Å². The van der Waals surface area contributed by atoms with E-state index in [1.807, 2.05) is 25.7 Å². The SMILES string of the molecule is CC(C)(C)OC(=O)N(CCNC1CCc2ccccc21)C1CC1. The number of carbonyl (C=O) groups excluding carboxylic acids is 1. The number of rotatable bonds is 5. The van der Waals surface area contributed by atoms with E-state index in [0.29, 0.717) is 12.1 Å². The van der Waals surface area contributed by atoms with Gasteiger partial charge in [0.1, 0.15) is 5.60 Å². The number of benzene rings is 1. The quantitative estimate of drug-likeness (QED) is 0.901. The lowest BCUT2D eigenvalue weighted by Gasteiger charge is -2.28. The smallest absolute Gasteiger partial charge is 0.410 e. The second-order valence-corrected chi connectivity index (χ2v) is 7.65. The molecule has 1 saturated carbocycles. The number of amides is 1. The van der Waals surface area contributed by atoms with Crippen LogP contribution in [0.4, 0.5) is 4.79 Å². The van der Waals surface area contributed by atoms with Gasteiger partial charge in [-0.25, -0.2) is 4.79 Å². The third kappa shape index (κ3) is 4.25. The minimum absolute atomic E-state index is 0.173. The lowest BCUT2D eigenvalue weighted by molar-refractivity contribution is 0.0234. The molecular formula is C19H28N2O2. The van der Waals surface area contributed by atoms with Gasteiger partial charge in [0, 0.05) is 25.2 Å². The Morgan fingerprint density at radius 1 is 1.26 bits per heavy atom. The van der Waals surface area contributed by atoms with Crippen LogP contribution in [-0.2, 0) is 11.2 Å². The molecule has 1 N–H and O–H groups in total. The zero-order valence-corrected chi connectivity index (χ0v) is 14.5. The van der Waals surface area contributed by atoms with Crippen LogP contribution in [0.2, 0.25) is 0 Å². The van der Waals surface area contributed by atoms with Gasteiger partial charge in [-0.2, -0.15) is 0 Å². The minimum Gasteiger partial charge on any atom is -0.444 e. The summed E-state index contributed by atoms with van der Waals surface area (Å²) in [4.78, 5) is 14.2. The van der Waals surface area contributed by atoms with Gasteiger partial charge >= 0.3 is 6.09 Å². The molecule has 1 amide bonds. The molecule has 23 heavy (non-hydrogen) atoms. The van der Waals surface area contributed by atoms with Crippen LogP contribution >= 0.6 is 0 Å². The number of ether oxygens (including phenoxy) is 1. The first-order valence-corrected chi connectivity index (χ1v) is 8.75. The second-order valence-electron chi connectivity index (χ2n) is 7.65. The molecule has 1 atom stereocenters. The first-order valence-electron chi connectivity index (χ1n) is 8.75. The van der Waals surface area contributed by atoms with Crippen LogP contribution in [0.25, 0.3) is 0 Å². The van der Waals surface area contributed by atoms with Crippen LogP contribution in [0.1, 0.15) is 57.2 Å². The molecule has 0 aliphatic heterocycles. The summed E-state index contributed by atoms with van der Waals surface area (Å²) in [5, 5.41) is 3.62. The monoisotopic (exact) mass is 316 g/mol. The Bertz CT molecular complexity index is 561. The Labute approximate surface area is 139 Å². The van der Waals surface area contributed by atoms with E-state index < -0.39 is 5.60 Å². The Hall–Kier alpha value is -1.55. The highest BCUT2D eigenvalue weighted by Gasteiger charge is 2.35. The standard InChI is InChI=1S/C19H28N2O2/c1-19(2,3)23-18(22)21(15-9-10-15)13-12-20-17-11-8-14-6-4-5-7-16(14)17/h4-7,15,17,20H,8-13H2,1-3H3. The van der Waals surface area contributed by atoms with Crippen molar-refractivity contribution in [2.45, 2.75) is 64.1 Å². The molecule has 3 rings (SSSR count). The number of nitrogens with zero attached hydrogens (tertiary/aromatic N) is 1. The summed E-state index contributed by atoms with van der Waals surface area (Å²) in [7, 11) is 0. The molecule has 1 aromatic carbocycles. The molecule has 0 heterocycles. The van der Waals surface area contributed by atoms with Gasteiger partial charge in [-0.15, -0.1) is 0 Å². The topological polar surface area (TPSA) is 41.6 Å². The van der Waals surface area contributed by atoms with Crippen LogP contribution < -0.4 is 5.32 Å². The van der Waals surface area contributed by atoms with Crippen molar-refractivity contribution < 1.29 is 9.53 Å². The van der Waals surface area contributed by atoms with Gasteiger partial charge < -0.3 is 15.0 Å². The molecule has 1 fully saturated rings. The average Bonchev–Trinajstić information content (AvgIpc) is 3.22. The van der Waals surface area contributed by atoms with E-state index in [1.165, 1.54) is 11.1 Å². The number of carbonyl (C=O) groups is 1. The number of nitrogens with one attached hydrogen (secondary N) is 1. The summed E-state index contributed by atoms with van der Waals surface area (Å²) in [6.45, 7) is 7.30. The number of hydrogen-bond acceptors (Lipinski definition) is 3.